The molecule has 2 aliphatic heterocycles. The number of nitrogens with one attached hydrogen (secondary N) is 2. The maximum Gasteiger partial charge on any atom is 0.322 e. The summed E-state index contributed by atoms with van der Waals surface area (Å²) in [6, 6.07) is 13.0. The van der Waals surface area contributed by atoms with Gasteiger partial charge in [0.2, 0.25) is 0 Å². The molecule has 0 radical (unpaired) electrons. The monoisotopic (exact) mass is 382 g/mol. The fourth-order valence-corrected chi connectivity index (χ4v) is 3.78. The number of anilines is 2. The number of hydrogen-bond donors (Lipinski definition) is 2. The summed E-state index contributed by atoms with van der Waals surface area (Å²) in [4.78, 5) is 28.9. The number of halogens is 1. The van der Waals surface area contributed by atoms with Gasteiger partial charge in [0, 0.05) is 19.6 Å². The Labute approximate surface area is 163 Å². The van der Waals surface area contributed by atoms with E-state index < -0.39 is 11.7 Å². The number of fused-ring (bicyclic) bond motifs is 1. The average molecular weight is 382 g/mol. The molecule has 28 heavy (non-hydrogen) atoms. The number of benzene rings is 2. The maximum atomic E-state index is 14.1. The van der Waals surface area contributed by atoms with E-state index in [1.165, 1.54) is 12.1 Å². The van der Waals surface area contributed by atoms with Crippen LogP contribution in [0.5, 0.6) is 0 Å². The standard InChI is InChI=1S/C21H23FN4O2/c22-17-6-2-1-5-16(17)20(27)25-11-12-26(19-8-4-3-7-18(19)25)21(28)24-14-15-9-10-23-13-15/h1-8,15,23H,9-14H2,(H,24,28). The van der Waals surface area contributed by atoms with Gasteiger partial charge in [-0.15, -0.1) is 0 Å². The largest absolute Gasteiger partial charge is 0.337 e. The molecular formula is C21H23FN4O2. The molecule has 1 atom stereocenters. The normalized spacial score (nSPS) is 18.7. The van der Waals surface area contributed by atoms with Crippen LogP contribution < -0.4 is 20.4 Å². The van der Waals surface area contributed by atoms with Crippen molar-refractivity contribution in [3.63, 3.8) is 0 Å². The Hall–Kier alpha value is -2.93. The summed E-state index contributed by atoms with van der Waals surface area (Å²) in [5, 5.41) is 6.29. The highest BCUT2D eigenvalue weighted by Gasteiger charge is 2.31. The van der Waals surface area contributed by atoms with Crippen LogP contribution in [0.3, 0.4) is 0 Å². The molecule has 3 amide bonds. The molecule has 1 saturated heterocycles. The third-order valence-corrected chi connectivity index (χ3v) is 5.31. The Bertz CT molecular complexity index is 882. The summed E-state index contributed by atoms with van der Waals surface area (Å²) in [6.07, 6.45) is 1.06. The second kappa shape index (κ2) is 7.98. The van der Waals surface area contributed by atoms with E-state index in [0.717, 1.165) is 19.5 Å². The highest BCUT2D eigenvalue weighted by atomic mass is 19.1. The Morgan fingerprint density at radius 3 is 2.43 bits per heavy atom. The quantitative estimate of drug-likeness (QED) is 0.858. The summed E-state index contributed by atoms with van der Waals surface area (Å²) in [6.45, 7) is 3.19. The van der Waals surface area contributed by atoms with Gasteiger partial charge in [-0.2, -0.15) is 0 Å². The molecule has 0 bridgehead atoms. The van der Waals surface area contributed by atoms with Crippen LogP contribution in [0.4, 0.5) is 20.6 Å². The molecule has 1 fully saturated rings. The molecule has 2 aromatic carbocycles. The summed E-state index contributed by atoms with van der Waals surface area (Å²) in [5.41, 5.74) is 1.30. The van der Waals surface area contributed by atoms with E-state index in [4.69, 9.17) is 0 Å². The lowest BCUT2D eigenvalue weighted by atomic mass is 10.1. The molecule has 2 heterocycles. The number of hydrogen-bond acceptors (Lipinski definition) is 3. The van der Waals surface area contributed by atoms with Crippen molar-refractivity contribution in [2.45, 2.75) is 6.42 Å². The van der Waals surface area contributed by atoms with Crippen molar-refractivity contribution in [3.05, 3.63) is 59.9 Å². The van der Waals surface area contributed by atoms with Gasteiger partial charge in [-0.1, -0.05) is 24.3 Å². The minimum absolute atomic E-state index is 0.0314. The number of carbonyl (C=O) groups excluding carboxylic acids is 2. The van der Waals surface area contributed by atoms with Gasteiger partial charge in [-0.3, -0.25) is 9.69 Å². The van der Waals surface area contributed by atoms with Crippen LogP contribution in [-0.4, -0.2) is 44.7 Å². The topological polar surface area (TPSA) is 64.7 Å². The first-order valence-electron chi connectivity index (χ1n) is 9.56. The second-order valence-electron chi connectivity index (χ2n) is 7.12. The molecule has 0 aromatic heterocycles. The van der Waals surface area contributed by atoms with Crippen LogP contribution in [0.2, 0.25) is 0 Å². The predicted octanol–water partition coefficient (Wildman–Crippen LogP) is 2.61. The van der Waals surface area contributed by atoms with Gasteiger partial charge >= 0.3 is 6.03 Å². The number of rotatable bonds is 3. The van der Waals surface area contributed by atoms with E-state index in [-0.39, 0.29) is 11.6 Å². The van der Waals surface area contributed by atoms with Crippen molar-refractivity contribution in [1.29, 1.82) is 0 Å². The van der Waals surface area contributed by atoms with E-state index in [2.05, 4.69) is 10.6 Å². The van der Waals surface area contributed by atoms with Crippen LogP contribution in [0, 0.1) is 11.7 Å². The molecule has 2 N–H and O–H groups in total. The second-order valence-corrected chi connectivity index (χ2v) is 7.12. The molecule has 7 heteroatoms. The van der Waals surface area contributed by atoms with Gasteiger partial charge in [0.1, 0.15) is 5.82 Å². The Kier molecular flexibility index (Phi) is 5.25. The van der Waals surface area contributed by atoms with Crippen molar-refractivity contribution in [2.75, 3.05) is 42.5 Å². The van der Waals surface area contributed by atoms with Gasteiger partial charge < -0.3 is 15.5 Å². The first-order valence-corrected chi connectivity index (χ1v) is 9.56. The van der Waals surface area contributed by atoms with Crippen molar-refractivity contribution >= 4 is 23.3 Å². The summed E-state index contributed by atoms with van der Waals surface area (Å²) < 4.78 is 14.1. The lowest BCUT2D eigenvalue weighted by molar-refractivity contribution is 0.0982. The molecule has 4 rings (SSSR count). The Morgan fingerprint density at radius 1 is 1.04 bits per heavy atom. The molecule has 0 saturated carbocycles. The van der Waals surface area contributed by atoms with Gasteiger partial charge in [-0.25, -0.2) is 9.18 Å². The van der Waals surface area contributed by atoms with E-state index in [1.807, 2.05) is 18.2 Å². The number of carbonyl (C=O) groups is 2. The zero-order valence-corrected chi connectivity index (χ0v) is 15.5. The Balaban J connectivity index is 1.54. The number of nitrogens with zero attached hydrogens (tertiary/aromatic N) is 2. The SMILES string of the molecule is O=C(NCC1CCNC1)N1CCN(C(=O)c2ccccc2F)c2ccccc21. The van der Waals surface area contributed by atoms with Crippen LogP contribution in [0.25, 0.3) is 0 Å². The molecule has 2 aliphatic rings. The van der Waals surface area contributed by atoms with Crippen molar-refractivity contribution < 1.29 is 14.0 Å². The first-order chi connectivity index (χ1) is 13.6. The lowest BCUT2D eigenvalue weighted by Gasteiger charge is -2.36. The first kappa shape index (κ1) is 18.4. The fraction of sp³-hybridized carbons (Fsp3) is 0.333. The zero-order valence-electron chi connectivity index (χ0n) is 15.5. The van der Waals surface area contributed by atoms with E-state index in [1.54, 1.807) is 28.0 Å². The number of urea groups is 1. The van der Waals surface area contributed by atoms with Crippen molar-refractivity contribution in [1.82, 2.24) is 10.6 Å². The van der Waals surface area contributed by atoms with Gasteiger partial charge in [-0.05, 0) is 49.7 Å². The van der Waals surface area contributed by atoms with E-state index >= 15 is 0 Å². The molecular weight excluding hydrogens is 359 g/mol. The van der Waals surface area contributed by atoms with Crippen LogP contribution in [-0.2, 0) is 0 Å². The highest BCUT2D eigenvalue weighted by Crippen LogP contribution is 2.34. The molecule has 2 aromatic rings. The Morgan fingerprint density at radius 2 is 1.71 bits per heavy atom. The zero-order chi connectivity index (χ0) is 19.5. The average Bonchev–Trinajstić information content (AvgIpc) is 3.25. The van der Waals surface area contributed by atoms with Gasteiger partial charge in [0.05, 0.1) is 16.9 Å². The van der Waals surface area contributed by atoms with Crippen molar-refractivity contribution in [2.24, 2.45) is 5.92 Å². The highest BCUT2D eigenvalue weighted by molar-refractivity contribution is 6.10. The van der Waals surface area contributed by atoms with Gasteiger partial charge in [0.25, 0.3) is 5.91 Å². The number of para-hydroxylation sites is 2. The third kappa shape index (κ3) is 3.57. The summed E-state index contributed by atoms with van der Waals surface area (Å²) in [7, 11) is 0. The molecule has 6 nitrogen and oxygen atoms in total. The van der Waals surface area contributed by atoms with Crippen LogP contribution >= 0.6 is 0 Å². The molecule has 0 aliphatic carbocycles. The van der Waals surface area contributed by atoms with E-state index in [9.17, 15) is 14.0 Å². The smallest absolute Gasteiger partial charge is 0.322 e. The summed E-state index contributed by atoms with van der Waals surface area (Å²) >= 11 is 0. The van der Waals surface area contributed by atoms with Gasteiger partial charge in [0.15, 0.2) is 0 Å². The van der Waals surface area contributed by atoms with E-state index in [0.29, 0.717) is 36.9 Å². The van der Waals surface area contributed by atoms with Crippen LogP contribution in [0.15, 0.2) is 48.5 Å². The fourth-order valence-electron chi connectivity index (χ4n) is 3.78. The minimum atomic E-state index is -0.546. The maximum absolute atomic E-state index is 14.1. The predicted molar refractivity (Wildman–Crippen MR) is 106 cm³/mol. The van der Waals surface area contributed by atoms with Crippen molar-refractivity contribution in [3.8, 4) is 0 Å². The molecule has 146 valence electrons. The third-order valence-electron chi connectivity index (χ3n) is 5.31. The minimum Gasteiger partial charge on any atom is -0.337 e. The lowest BCUT2D eigenvalue weighted by Crippen LogP contribution is -2.50. The molecule has 1 unspecified atom stereocenters. The summed E-state index contributed by atoms with van der Waals surface area (Å²) in [5.74, 6) is -0.499. The molecule has 0 spiro atoms. The van der Waals surface area contributed by atoms with Crippen LogP contribution in [0.1, 0.15) is 16.8 Å². The number of amides is 3.